The lowest BCUT2D eigenvalue weighted by molar-refractivity contribution is -0.302. The van der Waals surface area contributed by atoms with Gasteiger partial charge in [-0.1, -0.05) is 262 Å². The van der Waals surface area contributed by atoms with E-state index in [-0.39, 0.29) is 18.5 Å². The minimum Gasteiger partial charge on any atom is -0.466 e. The maximum atomic E-state index is 13.0. The zero-order chi connectivity index (χ0) is 57.3. The Morgan fingerprint density at radius 1 is 0.468 bits per heavy atom. The Hall–Kier alpha value is -2.38. The molecule has 1 aliphatic rings. The molecule has 0 saturated carbocycles. The van der Waals surface area contributed by atoms with Crippen LogP contribution in [0.2, 0.25) is 0 Å². The Kier molecular flexibility index (Phi) is 54.3. The van der Waals surface area contributed by atoms with E-state index in [2.05, 4.69) is 55.6 Å². The average Bonchev–Trinajstić information content (AvgIpc) is 3.46. The summed E-state index contributed by atoms with van der Waals surface area (Å²) in [5, 5.41) is 54.3. The van der Waals surface area contributed by atoms with Crippen LogP contribution in [0.4, 0.5) is 0 Å². The van der Waals surface area contributed by atoms with Gasteiger partial charge in [0.25, 0.3) is 0 Å². The first kappa shape index (κ1) is 74.6. The molecular weight excluding hydrogens is 991 g/mol. The van der Waals surface area contributed by atoms with Crippen molar-refractivity contribution in [3.63, 3.8) is 0 Å². The average molecular weight is 1120 g/mol. The number of hydrogen-bond acceptors (Lipinski definition) is 10. The summed E-state index contributed by atoms with van der Waals surface area (Å²) >= 11 is 0. The first-order valence-corrected chi connectivity index (χ1v) is 33.4. The number of unbranched alkanes of at least 4 members (excludes halogenated alkanes) is 38. The minimum absolute atomic E-state index is 0.00623. The smallest absolute Gasteiger partial charge is 0.305 e. The number of esters is 1. The number of rotatable bonds is 58. The molecule has 1 heterocycles. The summed E-state index contributed by atoms with van der Waals surface area (Å²) in [7, 11) is 0. The van der Waals surface area contributed by atoms with Crippen LogP contribution in [0.1, 0.15) is 309 Å². The zero-order valence-corrected chi connectivity index (χ0v) is 51.1. The van der Waals surface area contributed by atoms with Crippen LogP contribution in [-0.4, -0.2) is 100 Å². The van der Waals surface area contributed by atoms with Crippen LogP contribution in [0.5, 0.6) is 0 Å². The van der Waals surface area contributed by atoms with Crippen molar-refractivity contribution < 1.29 is 49.3 Å². The Labute approximate surface area is 485 Å². The molecule has 6 N–H and O–H groups in total. The number of ether oxygens (including phenoxy) is 3. The molecule has 11 nitrogen and oxygen atoms in total. The van der Waals surface area contributed by atoms with Crippen LogP contribution in [0.15, 0.2) is 48.6 Å². The van der Waals surface area contributed by atoms with Gasteiger partial charge < -0.3 is 45.1 Å². The molecule has 1 rings (SSSR count). The largest absolute Gasteiger partial charge is 0.466 e. The van der Waals surface area contributed by atoms with Gasteiger partial charge in [0.1, 0.15) is 24.4 Å². The van der Waals surface area contributed by atoms with Gasteiger partial charge in [-0.25, -0.2) is 0 Å². The fourth-order valence-electron chi connectivity index (χ4n) is 10.3. The van der Waals surface area contributed by atoms with Gasteiger partial charge in [0, 0.05) is 12.8 Å². The van der Waals surface area contributed by atoms with Crippen LogP contribution in [0.25, 0.3) is 0 Å². The summed E-state index contributed by atoms with van der Waals surface area (Å²) in [6.45, 7) is 4.29. The van der Waals surface area contributed by atoms with Gasteiger partial charge >= 0.3 is 5.97 Å². The van der Waals surface area contributed by atoms with E-state index in [0.717, 1.165) is 64.2 Å². The zero-order valence-electron chi connectivity index (χ0n) is 51.1. The van der Waals surface area contributed by atoms with Gasteiger partial charge in [-0.15, -0.1) is 0 Å². The number of amides is 1. The number of hydrogen-bond donors (Lipinski definition) is 6. The summed E-state index contributed by atoms with van der Waals surface area (Å²) in [4.78, 5) is 25.0. The third-order valence-corrected chi connectivity index (χ3v) is 15.7. The molecule has 0 aromatic heterocycles. The number of aliphatic hydroxyl groups is 5. The summed E-state index contributed by atoms with van der Waals surface area (Å²) in [5.74, 6) is -0.189. The van der Waals surface area contributed by atoms with Crippen LogP contribution in [-0.2, 0) is 23.8 Å². The highest BCUT2D eigenvalue weighted by Crippen LogP contribution is 2.23. The fourth-order valence-corrected chi connectivity index (χ4v) is 10.3. The molecule has 0 spiro atoms. The third kappa shape index (κ3) is 46.8. The highest BCUT2D eigenvalue weighted by Gasteiger charge is 2.44. The second kappa shape index (κ2) is 57.4. The lowest BCUT2D eigenvalue weighted by Gasteiger charge is -2.40. The predicted octanol–water partition coefficient (Wildman–Crippen LogP) is 16.4. The highest BCUT2D eigenvalue weighted by atomic mass is 16.7. The summed E-state index contributed by atoms with van der Waals surface area (Å²) in [5.41, 5.74) is 0. The number of carbonyl (C=O) groups excluding carboxylic acids is 2. The molecule has 0 aliphatic carbocycles. The van der Waals surface area contributed by atoms with Crippen molar-refractivity contribution in [2.45, 2.75) is 352 Å². The van der Waals surface area contributed by atoms with Crippen molar-refractivity contribution in [1.82, 2.24) is 5.32 Å². The topological polar surface area (TPSA) is 175 Å². The number of aliphatic hydroxyl groups excluding tert-OH is 5. The van der Waals surface area contributed by atoms with Crippen LogP contribution < -0.4 is 5.32 Å². The summed E-state index contributed by atoms with van der Waals surface area (Å²) < 4.78 is 16.7. The molecule has 1 amide bonds. The van der Waals surface area contributed by atoms with Crippen molar-refractivity contribution in [3.05, 3.63) is 48.6 Å². The van der Waals surface area contributed by atoms with Crippen molar-refractivity contribution in [2.75, 3.05) is 19.8 Å². The maximum absolute atomic E-state index is 13.0. The monoisotopic (exact) mass is 1120 g/mol. The van der Waals surface area contributed by atoms with E-state index in [4.69, 9.17) is 14.2 Å². The van der Waals surface area contributed by atoms with E-state index in [9.17, 15) is 35.1 Å². The molecule has 0 bridgehead atoms. The summed E-state index contributed by atoms with van der Waals surface area (Å²) in [6, 6.07) is -0.808. The van der Waals surface area contributed by atoms with Gasteiger partial charge in [0.05, 0.1) is 32.0 Å². The van der Waals surface area contributed by atoms with Crippen LogP contribution in [0.3, 0.4) is 0 Å². The van der Waals surface area contributed by atoms with Gasteiger partial charge in [0.2, 0.25) is 5.91 Å². The summed E-state index contributed by atoms with van der Waals surface area (Å²) in [6.07, 6.45) is 63.9. The Balaban J connectivity index is 1.95. The Morgan fingerprint density at radius 2 is 0.861 bits per heavy atom. The van der Waals surface area contributed by atoms with Gasteiger partial charge in [-0.2, -0.15) is 0 Å². The first-order valence-electron chi connectivity index (χ1n) is 33.4. The normalized spacial score (nSPS) is 18.7. The molecule has 7 unspecified atom stereocenters. The van der Waals surface area contributed by atoms with E-state index >= 15 is 0 Å². The number of nitrogens with one attached hydrogen (secondary N) is 1. The van der Waals surface area contributed by atoms with Crippen molar-refractivity contribution >= 4 is 11.9 Å². The molecule has 11 heteroatoms. The Morgan fingerprint density at radius 3 is 1.33 bits per heavy atom. The van der Waals surface area contributed by atoms with E-state index in [0.29, 0.717) is 19.4 Å². The molecule has 79 heavy (non-hydrogen) atoms. The van der Waals surface area contributed by atoms with E-state index < -0.39 is 49.5 Å². The molecule has 7 atom stereocenters. The number of carbonyl (C=O) groups is 2. The first-order chi connectivity index (χ1) is 38.7. The van der Waals surface area contributed by atoms with Crippen LogP contribution in [0, 0.1) is 0 Å². The van der Waals surface area contributed by atoms with E-state index in [1.807, 2.05) is 6.08 Å². The SMILES string of the molecule is CCCC/C=C\CCCCCCCC(=O)OCCCCCCCCCCC/C=C\C/C=C\CCCCCCCCCCCCCCCCCC(=O)NC(COC1OC(CO)C(O)C(O)C1O)C(O)/C=C/CCCCCCCCC. The van der Waals surface area contributed by atoms with E-state index in [1.54, 1.807) is 6.08 Å². The molecule has 1 saturated heterocycles. The van der Waals surface area contributed by atoms with Crippen molar-refractivity contribution in [1.29, 1.82) is 0 Å². The fraction of sp³-hybridized carbons (Fsp3) is 0.853. The third-order valence-electron chi connectivity index (χ3n) is 15.7. The Bertz CT molecular complexity index is 1450. The lowest BCUT2D eigenvalue weighted by atomic mass is 9.99. The van der Waals surface area contributed by atoms with Crippen LogP contribution >= 0.6 is 0 Å². The maximum Gasteiger partial charge on any atom is 0.305 e. The molecule has 1 aliphatic heterocycles. The second-order valence-corrected chi connectivity index (χ2v) is 23.2. The molecule has 462 valence electrons. The molecule has 0 aromatic rings. The lowest BCUT2D eigenvalue weighted by Crippen LogP contribution is -2.60. The van der Waals surface area contributed by atoms with Gasteiger partial charge in [-0.3, -0.25) is 9.59 Å². The standard InChI is InChI=1S/C68H125NO10/c1-3-5-7-9-11-13-35-40-44-48-52-56-64(73)77-57-53-49-45-41-37-34-32-30-28-26-24-22-20-18-16-14-15-17-19-21-23-25-27-29-31-33-36-39-43-47-51-55-63(72)69-60(61(71)54-50-46-42-38-12-10-8-6-4-2)59-78-68-67(76)66(75)65(74)62(58-70)79-68/h9,11,16,18,22,24,50,54,60-62,65-68,70-71,74-76H,3-8,10,12-15,17,19-21,23,25-49,51-53,55-59H2,1-2H3,(H,69,72)/b11-9-,18-16-,24-22-,54-50+. The highest BCUT2D eigenvalue weighted by molar-refractivity contribution is 5.76. The van der Waals surface area contributed by atoms with Gasteiger partial charge in [-0.05, 0) is 83.5 Å². The minimum atomic E-state index is -1.57. The van der Waals surface area contributed by atoms with Gasteiger partial charge in [0.15, 0.2) is 6.29 Å². The predicted molar refractivity (Wildman–Crippen MR) is 329 cm³/mol. The quantitative estimate of drug-likeness (QED) is 0.0195. The molecule has 1 fully saturated rings. The number of allylic oxidation sites excluding steroid dienone is 7. The molecule has 0 radical (unpaired) electrons. The molecular formula is C68H125NO10. The van der Waals surface area contributed by atoms with E-state index in [1.165, 1.54) is 218 Å². The second-order valence-electron chi connectivity index (χ2n) is 23.2. The molecule has 0 aromatic carbocycles. The van der Waals surface area contributed by atoms with Crippen molar-refractivity contribution in [2.24, 2.45) is 0 Å². The van der Waals surface area contributed by atoms with Crippen molar-refractivity contribution in [3.8, 4) is 0 Å².